The number of halogens is 1. The van der Waals surface area contributed by atoms with Gasteiger partial charge in [-0.05, 0) is 36.4 Å². The van der Waals surface area contributed by atoms with Crippen LogP contribution in [0.15, 0.2) is 40.8 Å². The van der Waals surface area contributed by atoms with E-state index in [-0.39, 0.29) is 22.9 Å². The van der Waals surface area contributed by atoms with Crippen molar-refractivity contribution in [2.45, 2.75) is 0 Å². The van der Waals surface area contributed by atoms with Crippen molar-refractivity contribution >= 4 is 22.7 Å². The van der Waals surface area contributed by atoms with Crippen molar-refractivity contribution in [2.75, 3.05) is 5.73 Å². The molecule has 0 atom stereocenters. The van der Waals surface area contributed by atoms with Gasteiger partial charge in [0.2, 0.25) is 5.89 Å². The van der Waals surface area contributed by atoms with E-state index in [1.807, 2.05) is 0 Å². The summed E-state index contributed by atoms with van der Waals surface area (Å²) in [5, 5.41) is 0. The fourth-order valence-corrected chi connectivity index (χ4v) is 1.95. The first kappa shape index (κ1) is 12.2. The van der Waals surface area contributed by atoms with Crippen LogP contribution in [0.4, 0.5) is 10.1 Å². The van der Waals surface area contributed by atoms with Gasteiger partial charge in [-0.3, -0.25) is 4.79 Å². The van der Waals surface area contributed by atoms with Crippen LogP contribution in [0.2, 0.25) is 0 Å². The first-order valence-corrected chi connectivity index (χ1v) is 5.80. The van der Waals surface area contributed by atoms with Gasteiger partial charge < -0.3 is 15.9 Å². The molecule has 3 aromatic rings. The van der Waals surface area contributed by atoms with Gasteiger partial charge in [0.1, 0.15) is 11.3 Å². The predicted octanol–water partition coefficient (Wildman–Crippen LogP) is 2.31. The molecule has 0 bridgehead atoms. The number of hydrogen-bond donors (Lipinski definition) is 2. The van der Waals surface area contributed by atoms with Gasteiger partial charge in [0, 0.05) is 11.3 Å². The number of anilines is 1. The summed E-state index contributed by atoms with van der Waals surface area (Å²) in [6, 6.07) is 8.68. The lowest BCUT2D eigenvalue weighted by Crippen LogP contribution is -2.11. The van der Waals surface area contributed by atoms with Gasteiger partial charge in [0.15, 0.2) is 5.58 Å². The number of benzene rings is 2. The molecule has 0 saturated heterocycles. The molecule has 0 aliphatic rings. The van der Waals surface area contributed by atoms with E-state index < -0.39 is 5.91 Å². The second kappa shape index (κ2) is 4.34. The average Bonchev–Trinajstić information content (AvgIpc) is 2.81. The number of nitrogens with two attached hydrogens (primary N) is 2. The fraction of sp³-hybridized carbons (Fsp3) is 0. The van der Waals surface area contributed by atoms with E-state index in [4.69, 9.17) is 15.9 Å². The molecule has 0 radical (unpaired) electrons. The molecule has 1 heterocycles. The molecular formula is C14H10FN3O2. The number of hydrogen-bond acceptors (Lipinski definition) is 4. The molecule has 0 saturated carbocycles. The van der Waals surface area contributed by atoms with Gasteiger partial charge in [-0.1, -0.05) is 0 Å². The summed E-state index contributed by atoms with van der Waals surface area (Å²) in [4.78, 5) is 15.6. The number of aromatic nitrogens is 1. The van der Waals surface area contributed by atoms with E-state index in [0.29, 0.717) is 16.8 Å². The van der Waals surface area contributed by atoms with E-state index in [1.54, 1.807) is 6.07 Å². The fourth-order valence-electron chi connectivity index (χ4n) is 1.95. The zero-order chi connectivity index (χ0) is 14.3. The van der Waals surface area contributed by atoms with Gasteiger partial charge in [-0.25, -0.2) is 9.37 Å². The summed E-state index contributed by atoms with van der Waals surface area (Å²) in [5.74, 6) is -0.732. The third-order valence-corrected chi connectivity index (χ3v) is 2.87. The monoisotopic (exact) mass is 271 g/mol. The van der Waals surface area contributed by atoms with Crippen LogP contribution in [0.25, 0.3) is 22.6 Å². The number of oxazole rings is 1. The lowest BCUT2D eigenvalue weighted by atomic mass is 10.1. The molecule has 0 spiro atoms. The molecule has 0 unspecified atom stereocenters. The van der Waals surface area contributed by atoms with Crippen molar-refractivity contribution in [3.8, 4) is 11.5 Å². The van der Waals surface area contributed by atoms with Crippen LogP contribution in [0, 0.1) is 5.82 Å². The molecule has 6 heteroatoms. The van der Waals surface area contributed by atoms with E-state index in [9.17, 15) is 9.18 Å². The highest BCUT2D eigenvalue weighted by Crippen LogP contribution is 2.28. The van der Waals surface area contributed by atoms with Crippen molar-refractivity contribution in [3.63, 3.8) is 0 Å². The zero-order valence-electron chi connectivity index (χ0n) is 10.3. The Kier molecular flexibility index (Phi) is 2.64. The van der Waals surface area contributed by atoms with Crippen LogP contribution in [0.1, 0.15) is 10.4 Å². The first-order valence-electron chi connectivity index (χ1n) is 5.80. The number of carbonyl (C=O) groups is 1. The van der Waals surface area contributed by atoms with Crippen molar-refractivity contribution in [3.05, 3.63) is 47.8 Å². The van der Waals surface area contributed by atoms with Crippen molar-refractivity contribution in [1.29, 1.82) is 0 Å². The maximum Gasteiger partial charge on any atom is 0.252 e. The summed E-state index contributed by atoms with van der Waals surface area (Å²) in [6.07, 6.45) is 0. The number of primary amides is 1. The minimum absolute atomic E-state index is 0.167. The Labute approximate surface area is 113 Å². The highest BCUT2D eigenvalue weighted by Gasteiger charge is 2.15. The largest absolute Gasteiger partial charge is 0.435 e. The summed E-state index contributed by atoms with van der Waals surface area (Å²) >= 11 is 0. The smallest absolute Gasteiger partial charge is 0.252 e. The number of carbonyl (C=O) groups excluding carboxylic acids is 1. The van der Waals surface area contributed by atoms with E-state index in [0.717, 1.165) is 0 Å². The lowest BCUT2D eigenvalue weighted by molar-refractivity contribution is 0.100. The number of amides is 1. The molecule has 3 rings (SSSR count). The number of nitrogen functional groups attached to an aromatic ring is 1. The van der Waals surface area contributed by atoms with Gasteiger partial charge in [0.05, 0.1) is 5.56 Å². The quantitative estimate of drug-likeness (QED) is 0.699. The number of rotatable bonds is 2. The molecule has 100 valence electrons. The van der Waals surface area contributed by atoms with E-state index >= 15 is 0 Å². The molecule has 1 aromatic heterocycles. The highest BCUT2D eigenvalue weighted by atomic mass is 19.1. The Bertz CT molecular complexity index is 809. The number of nitrogens with zero attached hydrogens (tertiary/aromatic N) is 1. The highest BCUT2D eigenvalue weighted by molar-refractivity contribution is 6.04. The second-order valence-corrected chi connectivity index (χ2v) is 4.31. The number of fused-ring (bicyclic) bond motifs is 1. The summed E-state index contributed by atoms with van der Waals surface area (Å²) in [6.45, 7) is 0. The van der Waals surface area contributed by atoms with Gasteiger partial charge in [0.25, 0.3) is 5.91 Å². The van der Waals surface area contributed by atoms with Crippen LogP contribution in [-0.4, -0.2) is 10.9 Å². The molecule has 20 heavy (non-hydrogen) atoms. The normalized spacial score (nSPS) is 10.8. The SMILES string of the molecule is NC(=O)c1cc(N)cc2nc(-c3ccc(F)cc3)oc12. The Morgan fingerprint density at radius 1 is 1.20 bits per heavy atom. The van der Waals surface area contributed by atoms with Crippen LogP contribution >= 0.6 is 0 Å². The topological polar surface area (TPSA) is 95.1 Å². The summed E-state index contributed by atoms with van der Waals surface area (Å²) in [5.41, 5.74) is 12.8. The minimum atomic E-state index is -0.649. The second-order valence-electron chi connectivity index (χ2n) is 4.31. The van der Waals surface area contributed by atoms with Crippen molar-refractivity contribution in [2.24, 2.45) is 5.73 Å². The standard InChI is InChI=1S/C14H10FN3O2/c15-8-3-1-7(2-4-8)14-18-11-6-9(16)5-10(13(17)19)12(11)20-14/h1-6H,16H2,(H2,17,19). The lowest BCUT2D eigenvalue weighted by Gasteiger charge is -1.98. The van der Waals surface area contributed by atoms with Crippen LogP contribution in [0.3, 0.4) is 0 Å². The van der Waals surface area contributed by atoms with E-state index in [1.165, 1.54) is 30.3 Å². The molecule has 0 aliphatic heterocycles. The Balaban J connectivity index is 2.22. The first-order chi connectivity index (χ1) is 9.54. The van der Waals surface area contributed by atoms with Crippen LogP contribution in [-0.2, 0) is 0 Å². The third kappa shape index (κ3) is 1.97. The minimum Gasteiger partial charge on any atom is -0.435 e. The molecule has 4 N–H and O–H groups in total. The van der Waals surface area contributed by atoms with Crippen LogP contribution < -0.4 is 11.5 Å². The molecular weight excluding hydrogens is 261 g/mol. The third-order valence-electron chi connectivity index (χ3n) is 2.87. The molecule has 0 aliphatic carbocycles. The maximum absolute atomic E-state index is 12.9. The average molecular weight is 271 g/mol. The summed E-state index contributed by atoms with van der Waals surface area (Å²) in [7, 11) is 0. The van der Waals surface area contributed by atoms with Gasteiger partial charge in [-0.15, -0.1) is 0 Å². The predicted molar refractivity (Wildman–Crippen MR) is 72.3 cm³/mol. The van der Waals surface area contributed by atoms with E-state index in [2.05, 4.69) is 4.98 Å². The van der Waals surface area contributed by atoms with Crippen molar-refractivity contribution in [1.82, 2.24) is 4.98 Å². The maximum atomic E-state index is 12.9. The van der Waals surface area contributed by atoms with Crippen molar-refractivity contribution < 1.29 is 13.6 Å². The Morgan fingerprint density at radius 2 is 1.90 bits per heavy atom. The van der Waals surface area contributed by atoms with Gasteiger partial charge >= 0.3 is 0 Å². The van der Waals surface area contributed by atoms with Crippen LogP contribution in [0.5, 0.6) is 0 Å². The van der Waals surface area contributed by atoms with Gasteiger partial charge in [-0.2, -0.15) is 0 Å². The summed E-state index contributed by atoms with van der Waals surface area (Å²) < 4.78 is 18.5. The Morgan fingerprint density at radius 3 is 2.55 bits per heavy atom. The molecule has 5 nitrogen and oxygen atoms in total. The molecule has 1 amide bonds. The Hall–Kier alpha value is -2.89. The zero-order valence-corrected chi connectivity index (χ0v) is 10.3. The molecule has 2 aromatic carbocycles. The molecule has 0 fully saturated rings.